The number of hydrogen-bond donors (Lipinski definition) is 0. The van der Waals surface area contributed by atoms with Crippen molar-refractivity contribution in [2.45, 2.75) is 38.5 Å². The zero-order valence-corrected chi connectivity index (χ0v) is 14.9. The minimum atomic E-state index is -1.13. The van der Waals surface area contributed by atoms with Crippen molar-refractivity contribution in [1.29, 1.82) is 0 Å². The molecule has 0 unspecified atom stereocenters. The second kappa shape index (κ2) is 7.98. The third kappa shape index (κ3) is 3.50. The van der Waals surface area contributed by atoms with Gasteiger partial charge in [-0.2, -0.15) is 0 Å². The second-order valence-corrected chi connectivity index (χ2v) is 6.80. The van der Waals surface area contributed by atoms with E-state index in [1.165, 1.54) is 6.07 Å². The van der Waals surface area contributed by atoms with E-state index in [9.17, 15) is 13.2 Å². The Bertz CT molecular complexity index is 833. The Labute approximate surface area is 152 Å². The molecule has 0 aliphatic heterocycles. The SMILES string of the molecule is C=CC1CCC(c2cc3ccc(OCC=CC)c(F)c3c(F)c2F)CC1. The number of hydrogen-bond acceptors (Lipinski definition) is 1. The lowest BCUT2D eigenvalue weighted by molar-refractivity contribution is 0.342. The second-order valence-electron chi connectivity index (χ2n) is 6.80. The van der Waals surface area contributed by atoms with E-state index in [0.717, 1.165) is 25.7 Å². The van der Waals surface area contributed by atoms with E-state index in [1.807, 2.05) is 13.0 Å². The first kappa shape index (κ1) is 18.6. The molecule has 1 aliphatic rings. The van der Waals surface area contributed by atoms with Gasteiger partial charge < -0.3 is 4.74 Å². The van der Waals surface area contributed by atoms with E-state index in [0.29, 0.717) is 16.9 Å². The summed E-state index contributed by atoms with van der Waals surface area (Å²) < 4.78 is 49.3. The Morgan fingerprint density at radius 1 is 1.08 bits per heavy atom. The Hall–Kier alpha value is -2.23. The van der Waals surface area contributed by atoms with Crippen LogP contribution in [0.3, 0.4) is 0 Å². The Balaban J connectivity index is 1.97. The summed E-state index contributed by atoms with van der Waals surface area (Å²) in [6.07, 6.45) is 8.81. The summed E-state index contributed by atoms with van der Waals surface area (Å²) in [5.74, 6) is -2.60. The van der Waals surface area contributed by atoms with Crippen molar-refractivity contribution < 1.29 is 17.9 Å². The maximum atomic E-state index is 14.7. The third-order valence-electron chi connectivity index (χ3n) is 5.23. The van der Waals surface area contributed by atoms with Crippen LogP contribution < -0.4 is 4.74 Å². The van der Waals surface area contributed by atoms with E-state index >= 15 is 0 Å². The molecule has 0 atom stereocenters. The van der Waals surface area contributed by atoms with Gasteiger partial charge in [0.2, 0.25) is 0 Å². The van der Waals surface area contributed by atoms with E-state index in [4.69, 9.17) is 4.74 Å². The molecule has 2 aromatic rings. The minimum Gasteiger partial charge on any atom is -0.486 e. The molecule has 2 aromatic carbocycles. The molecule has 0 aromatic heterocycles. The van der Waals surface area contributed by atoms with Crippen molar-refractivity contribution >= 4 is 10.8 Å². The largest absolute Gasteiger partial charge is 0.486 e. The van der Waals surface area contributed by atoms with Crippen LogP contribution in [0.15, 0.2) is 43.0 Å². The smallest absolute Gasteiger partial charge is 0.175 e. The monoisotopic (exact) mass is 360 g/mol. The Morgan fingerprint density at radius 3 is 2.46 bits per heavy atom. The molecule has 0 bridgehead atoms. The van der Waals surface area contributed by atoms with Gasteiger partial charge in [-0.1, -0.05) is 24.3 Å². The number of benzene rings is 2. The first-order chi connectivity index (χ1) is 12.6. The molecule has 0 amide bonds. The van der Waals surface area contributed by atoms with Crippen molar-refractivity contribution in [3.63, 3.8) is 0 Å². The van der Waals surface area contributed by atoms with E-state index in [1.54, 1.807) is 24.3 Å². The van der Waals surface area contributed by atoms with Crippen LogP contribution in [0.1, 0.15) is 44.1 Å². The van der Waals surface area contributed by atoms with Crippen LogP contribution in [-0.4, -0.2) is 6.61 Å². The van der Waals surface area contributed by atoms with Crippen LogP contribution in [0.25, 0.3) is 10.8 Å². The molecular weight excluding hydrogens is 337 g/mol. The molecule has 0 N–H and O–H groups in total. The van der Waals surface area contributed by atoms with Crippen molar-refractivity contribution in [3.05, 3.63) is 66.0 Å². The van der Waals surface area contributed by atoms with Gasteiger partial charge in [0.1, 0.15) is 6.61 Å². The highest BCUT2D eigenvalue weighted by molar-refractivity contribution is 5.86. The van der Waals surface area contributed by atoms with Gasteiger partial charge in [-0.05, 0) is 67.5 Å². The highest BCUT2D eigenvalue weighted by Gasteiger charge is 2.27. The number of fused-ring (bicyclic) bond motifs is 1. The fourth-order valence-corrected chi connectivity index (χ4v) is 3.69. The maximum absolute atomic E-state index is 14.7. The molecule has 0 radical (unpaired) electrons. The molecule has 1 fully saturated rings. The maximum Gasteiger partial charge on any atom is 0.175 e. The predicted molar refractivity (Wildman–Crippen MR) is 99.0 cm³/mol. The molecule has 4 heteroatoms. The van der Waals surface area contributed by atoms with Gasteiger partial charge in [0.05, 0.1) is 5.39 Å². The average molecular weight is 360 g/mol. The van der Waals surface area contributed by atoms with Gasteiger partial charge >= 0.3 is 0 Å². The van der Waals surface area contributed by atoms with Crippen LogP contribution in [-0.2, 0) is 0 Å². The predicted octanol–water partition coefficient (Wildman–Crippen LogP) is 6.67. The number of rotatable bonds is 5. The third-order valence-corrected chi connectivity index (χ3v) is 5.23. The highest BCUT2D eigenvalue weighted by atomic mass is 19.2. The first-order valence-electron chi connectivity index (χ1n) is 9.03. The van der Waals surface area contributed by atoms with Crippen LogP contribution in [0.2, 0.25) is 0 Å². The zero-order chi connectivity index (χ0) is 18.7. The summed E-state index contributed by atoms with van der Waals surface area (Å²) in [6.45, 7) is 5.80. The zero-order valence-electron chi connectivity index (χ0n) is 14.9. The van der Waals surface area contributed by atoms with E-state index < -0.39 is 17.5 Å². The first-order valence-corrected chi connectivity index (χ1v) is 9.03. The van der Waals surface area contributed by atoms with Gasteiger partial charge in [0, 0.05) is 0 Å². The fraction of sp³-hybridized carbons (Fsp3) is 0.364. The molecular formula is C22H23F3O. The molecule has 0 heterocycles. The molecule has 1 nitrogen and oxygen atoms in total. The van der Waals surface area contributed by atoms with Crippen LogP contribution in [0.5, 0.6) is 5.75 Å². The van der Waals surface area contributed by atoms with Crippen LogP contribution in [0, 0.1) is 23.4 Å². The standard InChI is InChI=1S/C22H23F3O/c1-3-5-12-26-18-11-10-16-13-17(15-8-6-14(4-2)7-9-15)20(23)22(25)19(16)21(18)24/h3-5,10-11,13-15H,2,6-9,12H2,1H3. The fourth-order valence-electron chi connectivity index (χ4n) is 3.69. The van der Waals surface area contributed by atoms with Crippen LogP contribution in [0.4, 0.5) is 13.2 Å². The van der Waals surface area contributed by atoms with Gasteiger partial charge in [0.25, 0.3) is 0 Å². The summed E-state index contributed by atoms with van der Waals surface area (Å²) >= 11 is 0. The number of halogens is 3. The lowest BCUT2D eigenvalue weighted by Gasteiger charge is -2.27. The molecule has 0 saturated heterocycles. The van der Waals surface area contributed by atoms with E-state index in [-0.39, 0.29) is 23.7 Å². The number of allylic oxidation sites excluding steroid dienone is 2. The molecule has 1 saturated carbocycles. The summed E-state index contributed by atoms with van der Waals surface area (Å²) in [6, 6.07) is 4.65. The normalized spacial score (nSPS) is 20.6. The summed E-state index contributed by atoms with van der Waals surface area (Å²) in [5.41, 5.74) is 0.347. The Kier molecular flexibility index (Phi) is 5.70. The van der Waals surface area contributed by atoms with Crippen molar-refractivity contribution in [2.75, 3.05) is 6.61 Å². The summed E-state index contributed by atoms with van der Waals surface area (Å²) in [5, 5.41) is 0.0182. The molecule has 138 valence electrons. The van der Waals surface area contributed by atoms with Crippen molar-refractivity contribution in [1.82, 2.24) is 0 Å². The Morgan fingerprint density at radius 2 is 1.81 bits per heavy atom. The van der Waals surface area contributed by atoms with Gasteiger partial charge in [0.15, 0.2) is 23.2 Å². The summed E-state index contributed by atoms with van der Waals surface area (Å²) in [4.78, 5) is 0. The topological polar surface area (TPSA) is 9.23 Å². The molecule has 3 rings (SSSR count). The van der Waals surface area contributed by atoms with Gasteiger partial charge in [-0.25, -0.2) is 13.2 Å². The molecule has 26 heavy (non-hydrogen) atoms. The van der Waals surface area contributed by atoms with E-state index in [2.05, 4.69) is 6.58 Å². The molecule has 1 aliphatic carbocycles. The van der Waals surface area contributed by atoms with Gasteiger partial charge in [-0.3, -0.25) is 0 Å². The lowest BCUT2D eigenvalue weighted by atomic mass is 9.78. The molecule has 0 spiro atoms. The van der Waals surface area contributed by atoms with Crippen LogP contribution >= 0.6 is 0 Å². The quantitative estimate of drug-likeness (QED) is 0.541. The average Bonchev–Trinajstić information content (AvgIpc) is 2.66. The minimum absolute atomic E-state index is 0.0428. The number of ether oxygens (including phenoxy) is 1. The van der Waals surface area contributed by atoms with Crippen molar-refractivity contribution in [3.8, 4) is 5.75 Å². The highest BCUT2D eigenvalue weighted by Crippen LogP contribution is 2.40. The summed E-state index contributed by atoms with van der Waals surface area (Å²) in [7, 11) is 0. The van der Waals surface area contributed by atoms with Gasteiger partial charge in [-0.15, -0.1) is 6.58 Å². The van der Waals surface area contributed by atoms with Crippen molar-refractivity contribution in [2.24, 2.45) is 5.92 Å². The lowest BCUT2D eigenvalue weighted by Crippen LogP contribution is -2.13.